The second-order valence-electron chi connectivity index (χ2n) is 5.80. The van der Waals surface area contributed by atoms with Gasteiger partial charge in [-0.1, -0.05) is 75.7 Å². The molecule has 0 atom stereocenters. The molecule has 0 aromatic heterocycles. The van der Waals surface area contributed by atoms with Gasteiger partial charge in [0.2, 0.25) is 0 Å². The summed E-state index contributed by atoms with van der Waals surface area (Å²) < 4.78 is 0. The third-order valence-corrected chi connectivity index (χ3v) is 3.57. The van der Waals surface area contributed by atoms with Crippen molar-refractivity contribution in [2.24, 2.45) is 0 Å². The third kappa shape index (κ3) is 10.9. The molecule has 6 nitrogen and oxygen atoms in total. The second-order valence-corrected chi connectivity index (χ2v) is 5.80. The Morgan fingerprint density at radius 2 is 1.54 bits per heavy atom. The Hall–Kier alpha value is -2.99. The fourth-order valence-electron chi connectivity index (χ4n) is 2.27. The molecule has 2 aromatic carbocycles. The van der Waals surface area contributed by atoms with E-state index in [4.69, 9.17) is 5.11 Å². The van der Waals surface area contributed by atoms with Gasteiger partial charge in [-0.15, -0.1) is 0 Å². The van der Waals surface area contributed by atoms with Gasteiger partial charge in [0.25, 0.3) is 0 Å². The molecule has 4 N–H and O–H groups in total. The van der Waals surface area contributed by atoms with Crippen molar-refractivity contribution < 1.29 is 24.6 Å². The van der Waals surface area contributed by atoms with Gasteiger partial charge in [0.15, 0.2) is 5.78 Å². The van der Waals surface area contributed by atoms with Gasteiger partial charge >= 0.3 is 5.97 Å². The van der Waals surface area contributed by atoms with Crippen LogP contribution in [0.15, 0.2) is 54.6 Å². The second kappa shape index (κ2) is 15.1. The van der Waals surface area contributed by atoms with E-state index in [9.17, 15) is 19.5 Å². The Labute approximate surface area is 166 Å². The molecule has 0 fully saturated rings. The largest absolute Gasteiger partial charge is 0.550 e. The highest BCUT2D eigenvalue weighted by molar-refractivity contribution is 6.09. The van der Waals surface area contributed by atoms with Gasteiger partial charge in [0.1, 0.15) is 0 Å². The van der Waals surface area contributed by atoms with E-state index in [0.29, 0.717) is 23.1 Å². The Kier molecular flexibility index (Phi) is 14.7. The zero-order valence-electron chi connectivity index (χ0n) is 15.5. The van der Waals surface area contributed by atoms with Crippen molar-refractivity contribution in [3.05, 3.63) is 71.3 Å². The van der Waals surface area contributed by atoms with Crippen molar-refractivity contribution in [1.82, 2.24) is 6.15 Å². The van der Waals surface area contributed by atoms with E-state index in [-0.39, 0.29) is 25.8 Å². The van der Waals surface area contributed by atoms with Gasteiger partial charge in [-0.2, -0.15) is 0 Å². The molecule has 0 aliphatic rings. The quantitative estimate of drug-likeness (QED) is 0.524. The first-order valence-corrected chi connectivity index (χ1v) is 8.54. The normalized spacial score (nSPS) is 9.04. The molecular formula is C22H30NO5-. The van der Waals surface area contributed by atoms with Crippen LogP contribution in [0.1, 0.15) is 61.5 Å². The zero-order chi connectivity index (χ0) is 19.4. The van der Waals surface area contributed by atoms with E-state index in [1.54, 1.807) is 48.5 Å². The smallest absolute Gasteiger partial charge is 0.303 e. The predicted molar refractivity (Wildman–Crippen MR) is 109 cm³/mol. The molecule has 0 aliphatic heterocycles. The molecule has 0 bridgehead atoms. The van der Waals surface area contributed by atoms with Crippen molar-refractivity contribution >= 4 is 17.7 Å². The molecule has 6 heteroatoms. The lowest BCUT2D eigenvalue weighted by Crippen LogP contribution is -2.24. The molecule has 0 heterocycles. The first-order valence-electron chi connectivity index (χ1n) is 8.54. The minimum atomic E-state index is -1.15. The van der Waals surface area contributed by atoms with Crippen LogP contribution in [0.3, 0.4) is 0 Å². The van der Waals surface area contributed by atoms with Crippen LogP contribution in [0.2, 0.25) is 0 Å². The van der Waals surface area contributed by atoms with Gasteiger partial charge in [-0.3, -0.25) is 9.59 Å². The number of benzene rings is 2. The van der Waals surface area contributed by atoms with Crippen LogP contribution < -0.4 is 11.3 Å². The number of carbonyl (C=O) groups excluding carboxylic acids is 2. The van der Waals surface area contributed by atoms with E-state index in [1.165, 1.54) is 0 Å². The Balaban J connectivity index is 0. The van der Waals surface area contributed by atoms with Gasteiger partial charge < -0.3 is 21.2 Å². The topological polar surface area (TPSA) is 130 Å². The van der Waals surface area contributed by atoms with Gasteiger partial charge in [-0.05, 0) is 18.1 Å². The minimum Gasteiger partial charge on any atom is -0.550 e. The predicted octanol–water partition coefficient (Wildman–Crippen LogP) is 3.66. The summed E-state index contributed by atoms with van der Waals surface area (Å²) in [5.74, 6) is -1.95. The van der Waals surface area contributed by atoms with Crippen LogP contribution in [0, 0.1) is 0 Å². The van der Waals surface area contributed by atoms with E-state index in [1.807, 2.05) is 6.07 Å². The molecule has 2 rings (SSSR count). The maximum Gasteiger partial charge on any atom is 0.303 e. The molecule has 2 aromatic rings. The van der Waals surface area contributed by atoms with Crippen LogP contribution in [-0.2, 0) is 16.0 Å². The first-order chi connectivity index (χ1) is 12.4. The van der Waals surface area contributed by atoms with Gasteiger partial charge in [0, 0.05) is 29.9 Å². The SMILES string of the molecule is C.CCCCCC(=O)O.N.O=C([O-])Cc1cccc(C(=O)c2ccccc2)c1. The minimum absolute atomic E-state index is 0. The highest BCUT2D eigenvalue weighted by atomic mass is 16.4. The average Bonchev–Trinajstić information content (AvgIpc) is 2.62. The average molecular weight is 388 g/mol. The van der Waals surface area contributed by atoms with Crippen molar-refractivity contribution in [1.29, 1.82) is 0 Å². The number of unbranched alkanes of at least 4 members (excludes halogenated alkanes) is 2. The Bertz CT molecular complexity index is 729. The lowest BCUT2D eigenvalue weighted by Gasteiger charge is -2.05. The van der Waals surface area contributed by atoms with E-state index < -0.39 is 11.9 Å². The first kappa shape index (κ1) is 27.2. The molecule has 0 radical (unpaired) electrons. The highest BCUT2D eigenvalue weighted by Crippen LogP contribution is 2.12. The molecule has 0 unspecified atom stereocenters. The van der Waals surface area contributed by atoms with Crippen LogP contribution in [-0.4, -0.2) is 22.8 Å². The van der Waals surface area contributed by atoms with E-state index in [2.05, 4.69) is 6.92 Å². The third-order valence-electron chi connectivity index (χ3n) is 3.57. The summed E-state index contributed by atoms with van der Waals surface area (Å²) in [5.41, 5.74) is 1.64. The van der Waals surface area contributed by atoms with Gasteiger partial charge in [0.05, 0.1) is 0 Å². The summed E-state index contributed by atoms with van der Waals surface area (Å²) in [6, 6.07) is 15.5. The highest BCUT2D eigenvalue weighted by Gasteiger charge is 2.08. The van der Waals surface area contributed by atoms with E-state index >= 15 is 0 Å². The number of hydrogen-bond donors (Lipinski definition) is 2. The molecule has 28 heavy (non-hydrogen) atoms. The van der Waals surface area contributed by atoms with Crippen LogP contribution in [0.5, 0.6) is 0 Å². The number of ketones is 1. The maximum atomic E-state index is 12.1. The number of carboxylic acids is 2. The molecule has 0 spiro atoms. The van der Waals surface area contributed by atoms with Crippen molar-refractivity contribution in [2.45, 2.75) is 46.5 Å². The lowest BCUT2D eigenvalue weighted by molar-refractivity contribution is -0.304. The van der Waals surface area contributed by atoms with Crippen LogP contribution in [0.25, 0.3) is 0 Å². The molecule has 154 valence electrons. The standard InChI is InChI=1S/C15H12O3.C6H12O2.CH4.H3N/c16-14(17)10-11-5-4-8-13(9-11)15(18)12-6-2-1-3-7-12;1-2-3-4-5-6(7)8;;/h1-9H,10H2,(H,16,17);2-5H2,1H3,(H,7,8);1H4;1H3/p-1. The summed E-state index contributed by atoms with van der Waals surface area (Å²) in [4.78, 5) is 32.5. The van der Waals surface area contributed by atoms with Crippen LogP contribution in [0.4, 0.5) is 0 Å². The fraction of sp³-hybridized carbons (Fsp3) is 0.318. The summed E-state index contributed by atoms with van der Waals surface area (Å²) >= 11 is 0. The number of aliphatic carboxylic acids is 2. The number of carbonyl (C=O) groups is 3. The summed E-state index contributed by atoms with van der Waals surface area (Å²) in [7, 11) is 0. The van der Waals surface area contributed by atoms with Crippen LogP contribution >= 0.6 is 0 Å². The lowest BCUT2D eigenvalue weighted by atomic mass is 10.0. The van der Waals surface area contributed by atoms with Crippen molar-refractivity contribution in [3.8, 4) is 0 Å². The zero-order valence-corrected chi connectivity index (χ0v) is 15.5. The van der Waals surface area contributed by atoms with Crippen molar-refractivity contribution in [3.63, 3.8) is 0 Å². The van der Waals surface area contributed by atoms with E-state index in [0.717, 1.165) is 19.3 Å². The van der Waals surface area contributed by atoms with Crippen molar-refractivity contribution in [2.75, 3.05) is 0 Å². The Morgan fingerprint density at radius 3 is 2.07 bits per heavy atom. The molecule has 0 aliphatic carbocycles. The number of carboxylic acid groups (broad SMARTS) is 2. The maximum absolute atomic E-state index is 12.1. The molecule has 0 saturated heterocycles. The summed E-state index contributed by atoms with van der Waals surface area (Å²) in [5, 5.41) is 18.7. The summed E-state index contributed by atoms with van der Waals surface area (Å²) in [6.45, 7) is 2.06. The Morgan fingerprint density at radius 1 is 0.929 bits per heavy atom. The monoisotopic (exact) mass is 388 g/mol. The molecule has 0 amide bonds. The molecule has 0 saturated carbocycles. The number of rotatable bonds is 8. The number of hydrogen-bond acceptors (Lipinski definition) is 5. The fourth-order valence-corrected chi connectivity index (χ4v) is 2.27. The summed E-state index contributed by atoms with van der Waals surface area (Å²) in [6.07, 6.45) is 3.09. The van der Waals surface area contributed by atoms with Gasteiger partial charge in [-0.25, -0.2) is 0 Å². The molecular weight excluding hydrogens is 358 g/mol.